The lowest BCUT2D eigenvalue weighted by Crippen LogP contribution is -2.07. The van der Waals surface area contributed by atoms with E-state index in [1.807, 2.05) is 12.3 Å². The molecule has 0 aromatic carbocycles. The van der Waals surface area contributed by atoms with Crippen LogP contribution >= 0.6 is 9.16 Å². The molecule has 1 aliphatic rings. The molecule has 0 unspecified atom stereocenters. The maximum Gasteiger partial charge on any atom is 0.168 e. The third kappa shape index (κ3) is 4.97. The highest BCUT2D eigenvalue weighted by Crippen LogP contribution is 2.54. The number of pyridine rings is 1. The van der Waals surface area contributed by atoms with Gasteiger partial charge in [0, 0.05) is 24.4 Å². The first-order valence-electron chi connectivity index (χ1n) is 7.05. The molecule has 3 nitrogen and oxygen atoms in total. The van der Waals surface area contributed by atoms with Crippen molar-refractivity contribution in [3.63, 3.8) is 0 Å². The van der Waals surface area contributed by atoms with Crippen LogP contribution in [0.3, 0.4) is 0 Å². The Kier molecular flexibility index (Phi) is 3.93. The molecule has 1 heterocycles. The number of anilines is 1. The lowest BCUT2D eigenvalue weighted by molar-refractivity contribution is 0.414. The van der Waals surface area contributed by atoms with E-state index in [4.69, 9.17) is 4.74 Å². The molecular formula is C16H26N2OS. The average Bonchev–Trinajstić information content (AvgIpc) is 3.16. The summed E-state index contributed by atoms with van der Waals surface area (Å²) in [5, 5.41) is 6.77. The van der Waals surface area contributed by atoms with Gasteiger partial charge in [-0.2, -0.15) is 0 Å². The molecule has 0 amide bonds. The normalized spacial score (nSPS) is 16.6. The number of thiol groups is 1. The summed E-state index contributed by atoms with van der Waals surface area (Å²) in [5.74, 6) is 5.65. The standard InChI is InChI=1S/C16H26N2OS/c1-19-15-10-14(8-9-20(2,3,4)5)12-18-16(15)17-11-13-6-7-13/h10,12-13,20H,6-7,11H2,1-5H3,(H,17,18). The first-order valence-corrected chi connectivity index (χ1v) is 11.1. The first kappa shape index (κ1) is 15.1. The third-order valence-corrected chi connectivity index (χ3v) is 3.98. The molecule has 0 saturated heterocycles. The summed E-state index contributed by atoms with van der Waals surface area (Å²) >= 11 is 0. The molecule has 0 atom stereocenters. The highest BCUT2D eigenvalue weighted by atomic mass is 32.3. The van der Waals surface area contributed by atoms with Crippen LogP contribution in [0.2, 0.25) is 0 Å². The molecule has 1 fully saturated rings. The Hall–Kier alpha value is -1.34. The summed E-state index contributed by atoms with van der Waals surface area (Å²) in [6.07, 6.45) is 13.5. The van der Waals surface area contributed by atoms with Crippen LogP contribution in [0, 0.1) is 17.1 Å². The van der Waals surface area contributed by atoms with Gasteiger partial charge in [0.2, 0.25) is 0 Å². The van der Waals surface area contributed by atoms with Gasteiger partial charge in [-0.3, -0.25) is 0 Å². The van der Waals surface area contributed by atoms with E-state index in [9.17, 15) is 0 Å². The zero-order chi connectivity index (χ0) is 14.8. The fourth-order valence-electron chi connectivity index (χ4n) is 1.65. The van der Waals surface area contributed by atoms with E-state index in [0.29, 0.717) is 0 Å². The summed E-state index contributed by atoms with van der Waals surface area (Å²) in [5.41, 5.74) is 0.917. The van der Waals surface area contributed by atoms with Crippen LogP contribution in [0.25, 0.3) is 0 Å². The average molecular weight is 294 g/mol. The quantitative estimate of drug-likeness (QED) is 0.662. The second-order valence-electron chi connectivity index (χ2n) is 7.41. The smallest absolute Gasteiger partial charge is 0.168 e. The molecule has 1 saturated carbocycles. The number of nitrogens with zero attached hydrogens (tertiary/aromatic N) is 1. The summed E-state index contributed by atoms with van der Waals surface area (Å²) in [6.45, 7) is 0.985. The molecule has 112 valence electrons. The molecular weight excluding hydrogens is 268 g/mol. The maximum atomic E-state index is 5.41. The van der Waals surface area contributed by atoms with Crippen molar-refractivity contribution in [3.8, 4) is 16.9 Å². The summed E-state index contributed by atoms with van der Waals surface area (Å²) < 4.78 is 5.41. The minimum atomic E-state index is -1.81. The van der Waals surface area contributed by atoms with Crippen molar-refractivity contribution in [3.05, 3.63) is 17.8 Å². The molecule has 0 spiro atoms. The van der Waals surface area contributed by atoms with E-state index < -0.39 is 9.16 Å². The van der Waals surface area contributed by atoms with Crippen molar-refractivity contribution in [2.75, 3.05) is 44.0 Å². The van der Waals surface area contributed by atoms with Gasteiger partial charge in [0.15, 0.2) is 11.6 Å². The molecule has 0 bridgehead atoms. The van der Waals surface area contributed by atoms with Crippen LogP contribution in [0.4, 0.5) is 5.82 Å². The Balaban J connectivity index is 2.15. The number of ether oxygens (including phenoxy) is 1. The Morgan fingerprint density at radius 3 is 2.60 bits per heavy atom. The predicted octanol–water partition coefficient (Wildman–Crippen LogP) is 2.81. The minimum Gasteiger partial charge on any atom is -0.493 e. The number of hydrogen-bond donors (Lipinski definition) is 2. The summed E-state index contributed by atoms with van der Waals surface area (Å²) in [7, 11) is -0.132. The lowest BCUT2D eigenvalue weighted by Gasteiger charge is -2.40. The van der Waals surface area contributed by atoms with Crippen LogP contribution in [0.15, 0.2) is 12.3 Å². The number of methoxy groups -OCH3 is 1. The largest absolute Gasteiger partial charge is 0.493 e. The van der Waals surface area contributed by atoms with E-state index in [0.717, 1.165) is 29.6 Å². The van der Waals surface area contributed by atoms with Gasteiger partial charge in [0.1, 0.15) is 0 Å². The zero-order valence-electron chi connectivity index (χ0n) is 13.2. The van der Waals surface area contributed by atoms with Crippen LogP contribution < -0.4 is 10.1 Å². The molecule has 20 heavy (non-hydrogen) atoms. The van der Waals surface area contributed by atoms with E-state index in [1.54, 1.807) is 7.11 Å². The molecule has 4 heteroatoms. The fourth-order valence-corrected chi connectivity index (χ4v) is 2.23. The van der Waals surface area contributed by atoms with Gasteiger partial charge in [0.05, 0.1) is 7.11 Å². The number of aromatic nitrogens is 1. The van der Waals surface area contributed by atoms with Crippen molar-refractivity contribution in [1.29, 1.82) is 0 Å². The van der Waals surface area contributed by atoms with Gasteiger partial charge in [-0.15, -0.1) is 0 Å². The molecule has 1 aromatic heterocycles. The highest BCUT2D eigenvalue weighted by molar-refractivity contribution is 8.51. The minimum absolute atomic E-state index is 0.775. The van der Waals surface area contributed by atoms with Crippen LogP contribution in [-0.4, -0.2) is 43.7 Å². The van der Waals surface area contributed by atoms with Crippen molar-refractivity contribution in [2.24, 2.45) is 5.92 Å². The van der Waals surface area contributed by atoms with Gasteiger partial charge in [-0.05, 0) is 43.8 Å². The Labute approximate surface area is 122 Å². The van der Waals surface area contributed by atoms with Gasteiger partial charge in [-0.25, -0.2) is 14.1 Å². The number of hydrogen-bond acceptors (Lipinski definition) is 3. The van der Waals surface area contributed by atoms with Crippen molar-refractivity contribution < 1.29 is 4.74 Å². The third-order valence-electron chi connectivity index (χ3n) is 2.98. The SMILES string of the molecule is COc1cc(C#C[SH](C)(C)(C)C)cnc1NCC1CC1. The molecule has 2 rings (SSSR count). The van der Waals surface area contributed by atoms with E-state index >= 15 is 0 Å². The summed E-state index contributed by atoms with van der Waals surface area (Å²) in [4.78, 5) is 4.45. The van der Waals surface area contributed by atoms with E-state index in [-0.39, 0.29) is 0 Å². The van der Waals surface area contributed by atoms with Crippen LogP contribution in [0.1, 0.15) is 18.4 Å². The Morgan fingerprint density at radius 1 is 1.35 bits per heavy atom. The maximum absolute atomic E-state index is 5.41. The van der Waals surface area contributed by atoms with Gasteiger partial charge < -0.3 is 10.1 Å². The van der Waals surface area contributed by atoms with Gasteiger partial charge in [0.25, 0.3) is 0 Å². The van der Waals surface area contributed by atoms with Crippen molar-refractivity contribution in [2.45, 2.75) is 12.8 Å². The van der Waals surface area contributed by atoms with Crippen molar-refractivity contribution >= 4 is 15.0 Å². The van der Waals surface area contributed by atoms with Crippen LogP contribution in [0.5, 0.6) is 5.75 Å². The monoisotopic (exact) mass is 294 g/mol. The first-order chi connectivity index (χ1) is 9.23. The van der Waals surface area contributed by atoms with Crippen molar-refractivity contribution in [1.82, 2.24) is 4.98 Å². The molecule has 1 N–H and O–H groups in total. The Morgan fingerprint density at radius 2 is 2.05 bits per heavy atom. The zero-order valence-corrected chi connectivity index (χ0v) is 14.1. The van der Waals surface area contributed by atoms with E-state index in [1.165, 1.54) is 12.8 Å². The van der Waals surface area contributed by atoms with E-state index in [2.05, 4.69) is 46.5 Å². The second kappa shape index (κ2) is 5.21. The topological polar surface area (TPSA) is 34.1 Å². The second-order valence-corrected chi connectivity index (χ2v) is 14.8. The Bertz CT molecular complexity index is 550. The lowest BCUT2D eigenvalue weighted by atomic mass is 10.3. The molecule has 1 aromatic rings. The molecule has 1 aliphatic carbocycles. The van der Waals surface area contributed by atoms with Gasteiger partial charge >= 0.3 is 0 Å². The highest BCUT2D eigenvalue weighted by Gasteiger charge is 2.21. The number of nitrogens with one attached hydrogen (secondary N) is 1. The predicted molar refractivity (Wildman–Crippen MR) is 91.6 cm³/mol. The number of rotatable bonds is 4. The molecule has 0 aliphatic heterocycles. The fraction of sp³-hybridized carbons (Fsp3) is 0.562. The van der Waals surface area contributed by atoms with Gasteiger partial charge in [-0.1, -0.05) is 11.2 Å². The van der Waals surface area contributed by atoms with Crippen LogP contribution in [-0.2, 0) is 0 Å². The molecule has 0 radical (unpaired) electrons. The summed E-state index contributed by atoms with van der Waals surface area (Å²) in [6, 6.07) is 1.97.